The van der Waals surface area contributed by atoms with Gasteiger partial charge in [-0.2, -0.15) is 0 Å². The van der Waals surface area contributed by atoms with E-state index in [1.165, 1.54) is 13.1 Å². The lowest BCUT2D eigenvalue weighted by Gasteiger charge is -2.18. The summed E-state index contributed by atoms with van der Waals surface area (Å²) in [6.07, 6.45) is -1.98. The van der Waals surface area contributed by atoms with Gasteiger partial charge < -0.3 is 47.5 Å². The largest absolute Gasteiger partial charge is 0.390 e. The molecule has 17 heteroatoms. The molecule has 0 bridgehead atoms. The van der Waals surface area contributed by atoms with Crippen LogP contribution in [0.3, 0.4) is 0 Å². The average molecular weight is 451 g/mol. The van der Waals surface area contributed by atoms with E-state index in [0.717, 1.165) is 4.57 Å². The summed E-state index contributed by atoms with van der Waals surface area (Å²) >= 11 is 0. The maximum absolute atomic E-state index is 11.8. The van der Waals surface area contributed by atoms with E-state index < -0.39 is 57.4 Å². The van der Waals surface area contributed by atoms with Crippen molar-refractivity contribution < 1.29 is 38.2 Å². The summed E-state index contributed by atoms with van der Waals surface area (Å²) in [5.41, 5.74) is -1.05. The Hall–Kier alpha value is -1.22. The lowest BCUT2D eigenvalue weighted by Crippen LogP contribution is -2.33. The van der Waals surface area contributed by atoms with Gasteiger partial charge in [0.05, 0.1) is 12.7 Å². The highest BCUT2D eigenvalue weighted by Crippen LogP contribution is 2.55. The van der Waals surface area contributed by atoms with E-state index in [2.05, 4.69) is 9.51 Å². The zero-order chi connectivity index (χ0) is 19.0. The molecule has 0 spiro atoms. The molecule has 2 rings (SSSR count). The third-order valence-electron chi connectivity index (χ3n) is 3.46. The molecule has 0 amide bonds. The molecule has 2 heterocycles. The standard InChI is InChI=1S/C11H18N2O10P2.3H3N/c1-6-3-13(11(16)12-10(6)15)9-2-7(14)8(23-9)4-22-25(20,21)5-24(17,18)19;;;/h3,7-9,14H,2,4-5H2,1H3,(H,20,21)(H,12,15,16)(H2,17,18,19);3*1H3/t7-,8+,9+;;;/m0.../s1. The fourth-order valence-corrected chi connectivity index (χ4v) is 4.87. The summed E-state index contributed by atoms with van der Waals surface area (Å²) < 4.78 is 33.4. The number of aromatic amines is 1. The van der Waals surface area contributed by atoms with Gasteiger partial charge in [-0.1, -0.05) is 0 Å². The van der Waals surface area contributed by atoms with E-state index in [1.54, 1.807) is 0 Å². The summed E-state index contributed by atoms with van der Waals surface area (Å²) in [4.78, 5) is 52.1. The minimum atomic E-state index is -4.76. The van der Waals surface area contributed by atoms with E-state index in [1.807, 2.05) is 0 Å². The van der Waals surface area contributed by atoms with Crippen molar-refractivity contribution in [3.8, 4) is 0 Å². The van der Waals surface area contributed by atoms with Gasteiger partial charge in [0.2, 0.25) is 0 Å². The minimum Gasteiger partial charge on any atom is -0.390 e. The normalized spacial score (nSPS) is 23.7. The average Bonchev–Trinajstić information content (AvgIpc) is 2.79. The van der Waals surface area contributed by atoms with Crippen LogP contribution in [0, 0.1) is 6.92 Å². The minimum absolute atomic E-state index is 0. The highest BCUT2D eigenvalue weighted by Gasteiger charge is 2.38. The van der Waals surface area contributed by atoms with Crippen LogP contribution in [0.15, 0.2) is 15.8 Å². The molecular weight excluding hydrogens is 424 g/mol. The molecule has 1 unspecified atom stereocenters. The van der Waals surface area contributed by atoms with Crippen LogP contribution in [-0.2, 0) is 18.4 Å². The van der Waals surface area contributed by atoms with Crippen molar-refractivity contribution in [2.24, 2.45) is 0 Å². The summed E-state index contributed by atoms with van der Waals surface area (Å²) in [7, 11) is -9.34. The molecular formula is C11H27N5O10P2. The molecule has 14 N–H and O–H groups in total. The van der Waals surface area contributed by atoms with Gasteiger partial charge in [0, 0.05) is 18.2 Å². The topological polar surface area (TPSA) is 293 Å². The first-order valence-electron chi connectivity index (χ1n) is 7.04. The third kappa shape index (κ3) is 7.66. The molecule has 0 aliphatic carbocycles. The zero-order valence-electron chi connectivity index (χ0n) is 15.1. The molecule has 0 radical (unpaired) electrons. The zero-order valence-corrected chi connectivity index (χ0v) is 16.9. The van der Waals surface area contributed by atoms with Crippen molar-refractivity contribution in [2.45, 2.75) is 31.8 Å². The van der Waals surface area contributed by atoms with Crippen molar-refractivity contribution in [1.82, 2.24) is 28.0 Å². The molecule has 15 nitrogen and oxygen atoms in total. The summed E-state index contributed by atoms with van der Waals surface area (Å²) in [6, 6.07) is 0. The van der Waals surface area contributed by atoms with E-state index in [9.17, 15) is 28.7 Å². The first-order chi connectivity index (χ1) is 11.4. The molecule has 1 aliphatic rings. The molecule has 0 saturated carbocycles. The number of hydrogen-bond acceptors (Lipinski definition) is 10. The Morgan fingerprint density at radius 3 is 2.36 bits per heavy atom. The Kier molecular flexibility index (Phi) is 10.9. The summed E-state index contributed by atoms with van der Waals surface area (Å²) in [5, 5.41) is 9.95. The first kappa shape index (κ1) is 29.0. The van der Waals surface area contributed by atoms with Gasteiger partial charge in [0.15, 0.2) is 5.90 Å². The fourth-order valence-electron chi connectivity index (χ4n) is 2.30. The molecule has 166 valence electrons. The Morgan fingerprint density at radius 1 is 1.25 bits per heavy atom. The molecule has 1 saturated heterocycles. The number of rotatable bonds is 6. The molecule has 1 fully saturated rings. The van der Waals surface area contributed by atoms with Gasteiger partial charge in [-0.05, 0) is 6.92 Å². The number of H-pyrrole nitrogens is 1. The first-order valence-corrected chi connectivity index (χ1v) is 10.6. The van der Waals surface area contributed by atoms with Crippen LogP contribution in [0.25, 0.3) is 0 Å². The highest BCUT2D eigenvalue weighted by molar-refractivity contribution is 7.70. The maximum atomic E-state index is 11.8. The molecule has 28 heavy (non-hydrogen) atoms. The second-order valence-electron chi connectivity index (χ2n) is 5.65. The number of nitrogens with zero attached hydrogens (tertiary/aromatic N) is 1. The summed E-state index contributed by atoms with van der Waals surface area (Å²) in [5.74, 6) is -1.36. The smallest absolute Gasteiger partial charge is 0.340 e. The highest BCUT2D eigenvalue weighted by atomic mass is 31.2. The second-order valence-corrected chi connectivity index (χ2v) is 9.64. The van der Waals surface area contributed by atoms with Gasteiger partial charge >= 0.3 is 20.9 Å². The van der Waals surface area contributed by atoms with Crippen LogP contribution in [0.5, 0.6) is 0 Å². The van der Waals surface area contributed by atoms with Gasteiger partial charge in [0.25, 0.3) is 5.56 Å². The Labute approximate surface area is 159 Å². The van der Waals surface area contributed by atoms with Gasteiger partial charge in [-0.25, -0.2) is 4.79 Å². The van der Waals surface area contributed by atoms with E-state index in [0.29, 0.717) is 0 Å². The van der Waals surface area contributed by atoms with E-state index in [-0.39, 0.29) is 30.4 Å². The number of aliphatic hydroxyl groups excluding tert-OH is 1. The predicted octanol–water partition coefficient (Wildman–Crippen LogP) is -0.683. The Morgan fingerprint density at radius 2 is 1.82 bits per heavy atom. The van der Waals surface area contributed by atoms with Crippen molar-refractivity contribution in [1.29, 1.82) is 0 Å². The van der Waals surface area contributed by atoms with Crippen LogP contribution in [0.2, 0.25) is 0 Å². The molecule has 0 aromatic carbocycles. The van der Waals surface area contributed by atoms with Crippen LogP contribution in [0.1, 0.15) is 18.2 Å². The molecule has 1 aromatic heterocycles. The predicted molar refractivity (Wildman–Crippen MR) is 98.3 cm³/mol. The van der Waals surface area contributed by atoms with E-state index in [4.69, 9.17) is 14.5 Å². The number of nitrogens with one attached hydrogen (secondary N) is 1. The molecule has 1 aromatic rings. The lowest BCUT2D eigenvalue weighted by molar-refractivity contribution is -0.0423. The fraction of sp³-hybridized carbons (Fsp3) is 0.636. The van der Waals surface area contributed by atoms with E-state index >= 15 is 0 Å². The second kappa shape index (κ2) is 10.5. The SMILES string of the molecule is Cc1cn([C@H]2C[C@H](O)[C@@H](COP(=O)(O)CP(=O)(O)O)O2)c(=O)[nH]c1=O.N.N.N. The van der Waals surface area contributed by atoms with Gasteiger partial charge in [-0.15, -0.1) is 0 Å². The van der Waals surface area contributed by atoms with Crippen LogP contribution in [-0.4, -0.2) is 54.1 Å². The van der Waals surface area contributed by atoms with Crippen LogP contribution >= 0.6 is 15.2 Å². The molecule has 1 aliphatic heterocycles. The number of hydrogen-bond donors (Lipinski definition) is 8. The Balaban J connectivity index is 0. The quantitative estimate of drug-likeness (QED) is 0.249. The van der Waals surface area contributed by atoms with Gasteiger partial charge in [-0.3, -0.25) is 23.5 Å². The number of aromatic nitrogens is 2. The van der Waals surface area contributed by atoms with Crippen molar-refractivity contribution >= 4 is 15.2 Å². The van der Waals surface area contributed by atoms with Crippen LogP contribution < -0.4 is 29.7 Å². The number of ether oxygens (including phenoxy) is 1. The van der Waals surface area contributed by atoms with Gasteiger partial charge in [0.1, 0.15) is 12.3 Å². The summed E-state index contributed by atoms with van der Waals surface area (Å²) in [6.45, 7) is 0.868. The number of aliphatic hydroxyl groups is 1. The monoisotopic (exact) mass is 451 g/mol. The Bertz CT molecular complexity index is 851. The van der Waals surface area contributed by atoms with Crippen LogP contribution in [0.4, 0.5) is 0 Å². The van der Waals surface area contributed by atoms with Crippen molar-refractivity contribution in [3.63, 3.8) is 0 Å². The van der Waals surface area contributed by atoms with Crippen molar-refractivity contribution in [2.75, 3.05) is 12.5 Å². The lowest BCUT2D eigenvalue weighted by atomic mass is 10.2. The molecule has 4 atom stereocenters. The third-order valence-corrected chi connectivity index (χ3v) is 6.92. The number of aryl methyl sites for hydroxylation is 1. The maximum Gasteiger partial charge on any atom is 0.340 e. The van der Waals surface area contributed by atoms with Crippen molar-refractivity contribution in [3.05, 3.63) is 32.6 Å².